The molecular weight excluding hydrogens is 238 g/mol. The molecule has 2 aliphatic carbocycles. The molecule has 0 bridgehead atoms. The van der Waals surface area contributed by atoms with Gasteiger partial charge in [0.25, 0.3) is 0 Å². The van der Waals surface area contributed by atoms with Crippen LogP contribution in [-0.4, -0.2) is 54.0 Å². The molecule has 0 spiro atoms. The van der Waals surface area contributed by atoms with Gasteiger partial charge in [0.15, 0.2) is 0 Å². The van der Waals surface area contributed by atoms with Crippen LogP contribution >= 0.6 is 0 Å². The Hall–Kier alpha value is -0.610. The standard InChI is InChI=1S/C15H27N3O/c16-10-14(9-15(19)17-7-1-2-8-17)18(13-5-6-13)11-12-3-4-12/h12-14H,1-11,16H2. The molecule has 2 N–H and O–H groups in total. The van der Waals surface area contributed by atoms with Crippen LogP contribution < -0.4 is 5.73 Å². The molecule has 19 heavy (non-hydrogen) atoms. The van der Waals surface area contributed by atoms with E-state index in [-0.39, 0.29) is 6.04 Å². The molecule has 4 nitrogen and oxygen atoms in total. The van der Waals surface area contributed by atoms with Crippen molar-refractivity contribution in [1.29, 1.82) is 0 Å². The molecule has 1 saturated heterocycles. The van der Waals surface area contributed by atoms with Gasteiger partial charge in [-0.2, -0.15) is 0 Å². The highest BCUT2D eigenvalue weighted by Gasteiger charge is 2.38. The van der Waals surface area contributed by atoms with Gasteiger partial charge >= 0.3 is 0 Å². The number of amides is 1. The second-order valence-electron chi connectivity index (χ2n) is 6.55. The summed E-state index contributed by atoms with van der Waals surface area (Å²) in [6.07, 6.45) is 8.35. The van der Waals surface area contributed by atoms with Crippen molar-refractivity contribution in [3.05, 3.63) is 0 Å². The lowest BCUT2D eigenvalue weighted by molar-refractivity contribution is -0.131. The Bertz CT molecular complexity index is 319. The number of nitrogens with two attached hydrogens (primary N) is 1. The van der Waals surface area contributed by atoms with Crippen molar-refractivity contribution >= 4 is 5.91 Å². The zero-order valence-electron chi connectivity index (χ0n) is 11.9. The maximum absolute atomic E-state index is 12.3. The quantitative estimate of drug-likeness (QED) is 0.752. The predicted molar refractivity (Wildman–Crippen MR) is 75.7 cm³/mol. The van der Waals surface area contributed by atoms with Gasteiger partial charge in [-0.25, -0.2) is 0 Å². The first-order chi connectivity index (χ1) is 9.28. The van der Waals surface area contributed by atoms with E-state index in [0.29, 0.717) is 18.9 Å². The topological polar surface area (TPSA) is 49.6 Å². The molecule has 2 saturated carbocycles. The van der Waals surface area contributed by atoms with Crippen molar-refractivity contribution in [2.75, 3.05) is 26.2 Å². The van der Waals surface area contributed by atoms with Crippen LogP contribution in [-0.2, 0) is 4.79 Å². The van der Waals surface area contributed by atoms with Crippen molar-refractivity contribution in [3.63, 3.8) is 0 Å². The Morgan fingerprint density at radius 3 is 2.42 bits per heavy atom. The summed E-state index contributed by atoms with van der Waals surface area (Å²) in [6, 6.07) is 1.00. The minimum absolute atomic E-state index is 0.279. The molecule has 4 heteroatoms. The molecule has 0 aromatic heterocycles. The Balaban J connectivity index is 1.55. The average Bonchev–Trinajstić information content (AvgIpc) is 3.33. The number of carbonyl (C=O) groups excluding carboxylic acids is 1. The van der Waals surface area contributed by atoms with E-state index >= 15 is 0 Å². The van der Waals surface area contributed by atoms with Gasteiger partial charge in [-0.3, -0.25) is 9.69 Å². The molecule has 1 amide bonds. The summed E-state index contributed by atoms with van der Waals surface area (Å²) in [5.74, 6) is 1.21. The van der Waals surface area contributed by atoms with Gasteiger partial charge in [-0.15, -0.1) is 0 Å². The number of nitrogens with zero attached hydrogens (tertiary/aromatic N) is 2. The third-order valence-corrected chi connectivity index (χ3v) is 4.79. The van der Waals surface area contributed by atoms with Crippen molar-refractivity contribution in [3.8, 4) is 0 Å². The van der Waals surface area contributed by atoms with E-state index in [4.69, 9.17) is 5.73 Å². The lowest BCUT2D eigenvalue weighted by Crippen LogP contribution is -2.46. The van der Waals surface area contributed by atoms with Gasteiger partial charge < -0.3 is 10.6 Å². The summed E-state index contributed by atoms with van der Waals surface area (Å²) in [4.78, 5) is 16.9. The van der Waals surface area contributed by atoms with Crippen LogP contribution in [0.2, 0.25) is 0 Å². The van der Waals surface area contributed by atoms with E-state index in [0.717, 1.165) is 25.0 Å². The first-order valence-corrected chi connectivity index (χ1v) is 8.01. The van der Waals surface area contributed by atoms with Gasteiger partial charge in [-0.05, 0) is 44.4 Å². The molecule has 0 aromatic carbocycles. The van der Waals surface area contributed by atoms with Crippen molar-refractivity contribution in [1.82, 2.24) is 9.80 Å². The predicted octanol–water partition coefficient (Wildman–Crippen LogP) is 1.20. The minimum atomic E-state index is 0.279. The van der Waals surface area contributed by atoms with Gasteiger partial charge in [0.1, 0.15) is 0 Å². The SMILES string of the molecule is NCC(CC(=O)N1CCCC1)N(CC1CC1)C1CC1. The molecule has 1 atom stereocenters. The van der Waals surface area contributed by atoms with Gasteiger partial charge in [0.2, 0.25) is 5.91 Å². The van der Waals surface area contributed by atoms with Crippen LogP contribution in [0.3, 0.4) is 0 Å². The minimum Gasteiger partial charge on any atom is -0.343 e. The molecule has 3 aliphatic rings. The highest BCUT2D eigenvalue weighted by atomic mass is 16.2. The molecule has 108 valence electrons. The normalized spacial score (nSPS) is 25.1. The smallest absolute Gasteiger partial charge is 0.224 e. The highest BCUT2D eigenvalue weighted by molar-refractivity contribution is 5.77. The number of carbonyl (C=O) groups is 1. The van der Waals surface area contributed by atoms with E-state index in [1.54, 1.807) is 0 Å². The summed E-state index contributed by atoms with van der Waals surface area (Å²) < 4.78 is 0. The second kappa shape index (κ2) is 5.80. The molecule has 3 fully saturated rings. The summed E-state index contributed by atoms with van der Waals surface area (Å²) in [7, 11) is 0. The van der Waals surface area contributed by atoms with E-state index in [2.05, 4.69) is 4.90 Å². The third kappa shape index (κ3) is 3.48. The van der Waals surface area contributed by atoms with Crippen LogP contribution in [0.25, 0.3) is 0 Å². The van der Waals surface area contributed by atoms with E-state index in [9.17, 15) is 4.79 Å². The average molecular weight is 265 g/mol. The summed E-state index contributed by atoms with van der Waals surface area (Å²) >= 11 is 0. The number of likely N-dealkylation sites (tertiary alicyclic amines) is 1. The lowest BCUT2D eigenvalue weighted by atomic mass is 10.1. The molecule has 1 aliphatic heterocycles. The fraction of sp³-hybridized carbons (Fsp3) is 0.933. The largest absolute Gasteiger partial charge is 0.343 e. The Labute approximate surface area is 116 Å². The van der Waals surface area contributed by atoms with Crippen LogP contribution in [0.1, 0.15) is 44.9 Å². The van der Waals surface area contributed by atoms with Gasteiger partial charge in [0, 0.05) is 44.7 Å². The van der Waals surface area contributed by atoms with Crippen LogP contribution in [0.4, 0.5) is 0 Å². The summed E-state index contributed by atoms with van der Waals surface area (Å²) in [5, 5.41) is 0. The monoisotopic (exact) mass is 265 g/mol. The molecule has 1 unspecified atom stereocenters. The molecule has 1 heterocycles. The molecule has 3 rings (SSSR count). The van der Waals surface area contributed by atoms with Crippen molar-refractivity contribution < 1.29 is 4.79 Å². The molecule has 0 radical (unpaired) electrons. The fourth-order valence-corrected chi connectivity index (χ4v) is 3.23. The van der Waals surface area contributed by atoms with Crippen molar-refractivity contribution in [2.45, 2.75) is 57.0 Å². The van der Waals surface area contributed by atoms with E-state index < -0.39 is 0 Å². The third-order valence-electron chi connectivity index (χ3n) is 4.79. The number of hydrogen-bond acceptors (Lipinski definition) is 3. The maximum atomic E-state index is 12.3. The van der Waals surface area contributed by atoms with Crippen molar-refractivity contribution in [2.24, 2.45) is 11.7 Å². The zero-order valence-corrected chi connectivity index (χ0v) is 11.9. The first-order valence-electron chi connectivity index (χ1n) is 8.01. The van der Waals surface area contributed by atoms with E-state index in [1.807, 2.05) is 4.90 Å². The Kier molecular flexibility index (Phi) is 4.08. The lowest BCUT2D eigenvalue weighted by Gasteiger charge is -2.32. The van der Waals surface area contributed by atoms with Gasteiger partial charge in [0.05, 0.1) is 0 Å². The molecular formula is C15H27N3O. The van der Waals surface area contributed by atoms with Crippen LogP contribution in [0.15, 0.2) is 0 Å². The van der Waals surface area contributed by atoms with Gasteiger partial charge in [-0.1, -0.05) is 0 Å². The van der Waals surface area contributed by atoms with E-state index in [1.165, 1.54) is 45.1 Å². The first kappa shape index (κ1) is 13.4. The zero-order chi connectivity index (χ0) is 13.2. The fourth-order valence-electron chi connectivity index (χ4n) is 3.23. The Morgan fingerprint density at radius 2 is 1.89 bits per heavy atom. The molecule has 0 aromatic rings. The maximum Gasteiger partial charge on any atom is 0.224 e. The van der Waals surface area contributed by atoms with Crippen LogP contribution in [0, 0.1) is 5.92 Å². The number of hydrogen-bond donors (Lipinski definition) is 1. The number of rotatable bonds is 7. The van der Waals surface area contributed by atoms with Crippen LogP contribution in [0.5, 0.6) is 0 Å². The second-order valence-corrected chi connectivity index (χ2v) is 6.55. The summed E-state index contributed by atoms with van der Waals surface area (Å²) in [6.45, 7) is 3.73. The highest BCUT2D eigenvalue weighted by Crippen LogP contribution is 2.36. The summed E-state index contributed by atoms with van der Waals surface area (Å²) in [5.41, 5.74) is 5.97. The Morgan fingerprint density at radius 1 is 1.21 bits per heavy atom.